The van der Waals surface area contributed by atoms with Crippen LogP contribution in [-0.2, 0) is 10.5 Å². The first-order chi connectivity index (χ1) is 12.0. The number of amides is 1. The Bertz CT molecular complexity index is 856. The van der Waals surface area contributed by atoms with Crippen molar-refractivity contribution in [1.82, 2.24) is 4.98 Å². The van der Waals surface area contributed by atoms with Gasteiger partial charge >= 0.3 is 0 Å². The number of anilines is 1. The van der Waals surface area contributed by atoms with Crippen LogP contribution in [0, 0.1) is 13.8 Å². The average Bonchev–Trinajstić information content (AvgIpc) is 3.26. The number of hydrogen-bond donors (Lipinski definition) is 1. The first kappa shape index (κ1) is 17.8. The minimum absolute atomic E-state index is 0.0141. The second kappa shape index (κ2) is 7.89. The summed E-state index contributed by atoms with van der Waals surface area (Å²) in [6, 6.07) is 9.82. The molecular formula is C19H20N2O2S2. The Balaban J connectivity index is 1.56. The lowest BCUT2D eigenvalue weighted by Crippen LogP contribution is -2.23. The molecule has 1 amide bonds. The van der Waals surface area contributed by atoms with E-state index in [9.17, 15) is 4.79 Å². The Labute approximate surface area is 155 Å². The van der Waals surface area contributed by atoms with Crippen molar-refractivity contribution in [3.05, 3.63) is 58.8 Å². The third-order valence-corrected chi connectivity index (χ3v) is 5.87. The summed E-state index contributed by atoms with van der Waals surface area (Å²) in [5.74, 6) is 1.49. The summed E-state index contributed by atoms with van der Waals surface area (Å²) in [5, 5.41) is 5.75. The van der Waals surface area contributed by atoms with Gasteiger partial charge in [-0.3, -0.25) is 4.79 Å². The number of rotatable bonds is 6. The van der Waals surface area contributed by atoms with Crippen molar-refractivity contribution in [3.63, 3.8) is 0 Å². The predicted octanol–water partition coefficient (Wildman–Crippen LogP) is 5.28. The van der Waals surface area contributed by atoms with E-state index in [0.717, 1.165) is 33.3 Å². The topological polar surface area (TPSA) is 55.1 Å². The van der Waals surface area contributed by atoms with Crippen LogP contribution < -0.4 is 5.32 Å². The fourth-order valence-corrected chi connectivity index (χ4v) is 3.95. The lowest BCUT2D eigenvalue weighted by molar-refractivity contribution is -0.115. The number of aryl methyl sites for hydroxylation is 2. The highest BCUT2D eigenvalue weighted by Gasteiger charge is 2.16. The molecule has 2 heterocycles. The summed E-state index contributed by atoms with van der Waals surface area (Å²) in [4.78, 5) is 17.0. The second-order valence-corrected chi connectivity index (χ2v) is 8.07. The van der Waals surface area contributed by atoms with E-state index in [4.69, 9.17) is 4.42 Å². The van der Waals surface area contributed by atoms with Crippen LogP contribution >= 0.6 is 23.1 Å². The van der Waals surface area contributed by atoms with Gasteiger partial charge in [-0.05, 0) is 50.1 Å². The zero-order valence-corrected chi connectivity index (χ0v) is 16.0. The molecule has 25 heavy (non-hydrogen) atoms. The molecule has 1 aromatic carbocycles. The molecule has 0 saturated carbocycles. The predicted molar refractivity (Wildman–Crippen MR) is 105 cm³/mol. The molecule has 6 heteroatoms. The van der Waals surface area contributed by atoms with Crippen molar-refractivity contribution in [2.24, 2.45) is 0 Å². The van der Waals surface area contributed by atoms with E-state index in [1.165, 1.54) is 0 Å². The molecule has 0 aliphatic heterocycles. The van der Waals surface area contributed by atoms with E-state index in [2.05, 4.69) is 10.3 Å². The lowest BCUT2D eigenvalue weighted by Gasteiger charge is -2.13. The van der Waals surface area contributed by atoms with Gasteiger partial charge in [0.2, 0.25) is 5.91 Å². The maximum atomic E-state index is 12.4. The lowest BCUT2D eigenvalue weighted by atomic mass is 10.1. The molecular weight excluding hydrogens is 352 g/mol. The van der Waals surface area contributed by atoms with Gasteiger partial charge in [0, 0.05) is 16.8 Å². The molecule has 0 fully saturated rings. The van der Waals surface area contributed by atoms with Crippen LogP contribution in [0.2, 0.25) is 0 Å². The van der Waals surface area contributed by atoms with E-state index in [0.29, 0.717) is 5.75 Å². The molecule has 0 bridgehead atoms. The van der Waals surface area contributed by atoms with Crippen molar-refractivity contribution >= 4 is 34.7 Å². The molecule has 0 aliphatic rings. The van der Waals surface area contributed by atoms with Crippen LogP contribution in [0.4, 0.5) is 5.69 Å². The number of hydrogen-bond acceptors (Lipinski definition) is 5. The minimum Gasteiger partial charge on any atom is -0.462 e. The first-order valence-electron chi connectivity index (χ1n) is 8.01. The summed E-state index contributed by atoms with van der Waals surface area (Å²) in [6.07, 6.45) is 1.64. The summed E-state index contributed by atoms with van der Waals surface area (Å²) in [7, 11) is 0. The van der Waals surface area contributed by atoms with E-state index in [1.54, 1.807) is 29.4 Å². The fourth-order valence-electron chi connectivity index (χ4n) is 2.28. The summed E-state index contributed by atoms with van der Waals surface area (Å²) >= 11 is 3.13. The maximum absolute atomic E-state index is 12.4. The molecule has 1 N–H and O–H groups in total. The van der Waals surface area contributed by atoms with Gasteiger partial charge in [0.1, 0.15) is 0 Å². The molecule has 4 nitrogen and oxygen atoms in total. The molecule has 1 atom stereocenters. The number of carbonyl (C=O) groups is 1. The van der Waals surface area contributed by atoms with Crippen LogP contribution in [0.3, 0.4) is 0 Å². The van der Waals surface area contributed by atoms with Gasteiger partial charge in [0.25, 0.3) is 0 Å². The van der Waals surface area contributed by atoms with Gasteiger partial charge < -0.3 is 9.73 Å². The van der Waals surface area contributed by atoms with E-state index >= 15 is 0 Å². The van der Waals surface area contributed by atoms with E-state index in [1.807, 2.05) is 56.5 Å². The number of aromatic nitrogens is 1. The molecule has 0 radical (unpaired) electrons. The molecule has 130 valence electrons. The molecule has 3 rings (SSSR count). The Morgan fingerprint density at radius 3 is 2.96 bits per heavy atom. The van der Waals surface area contributed by atoms with Crippen LogP contribution in [0.15, 0.2) is 46.4 Å². The standard InChI is InChI=1S/C19H20N2O2S2/c1-12-6-7-13(2)16(9-12)21-18(22)14(3)24-10-15-11-25-19(20-15)17-5-4-8-23-17/h4-9,11,14H,10H2,1-3H3,(H,21,22)/t14-/m0/s1. The number of carbonyl (C=O) groups excluding carboxylic acids is 1. The molecule has 3 aromatic rings. The van der Waals surface area contributed by atoms with Gasteiger partial charge in [-0.2, -0.15) is 0 Å². The minimum atomic E-state index is -0.159. The molecule has 2 aromatic heterocycles. The molecule has 0 saturated heterocycles. The Morgan fingerprint density at radius 1 is 1.36 bits per heavy atom. The van der Waals surface area contributed by atoms with Gasteiger partial charge in [-0.15, -0.1) is 23.1 Å². The quantitative estimate of drug-likeness (QED) is 0.639. The van der Waals surface area contributed by atoms with Gasteiger partial charge in [0.15, 0.2) is 10.8 Å². The summed E-state index contributed by atoms with van der Waals surface area (Å²) in [6.45, 7) is 5.94. The summed E-state index contributed by atoms with van der Waals surface area (Å²) < 4.78 is 5.36. The Morgan fingerprint density at radius 2 is 2.20 bits per heavy atom. The smallest absolute Gasteiger partial charge is 0.237 e. The van der Waals surface area contributed by atoms with Crippen molar-refractivity contribution in [1.29, 1.82) is 0 Å². The molecule has 0 unspecified atom stereocenters. The number of nitrogens with zero attached hydrogens (tertiary/aromatic N) is 1. The van der Waals surface area contributed by atoms with Gasteiger partial charge in [-0.1, -0.05) is 12.1 Å². The highest BCUT2D eigenvalue weighted by Crippen LogP contribution is 2.27. The first-order valence-corrected chi connectivity index (χ1v) is 9.94. The van der Waals surface area contributed by atoms with Gasteiger partial charge in [0.05, 0.1) is 17.2 Å². The number of nitrogens with one attached hydrogen (secondary N) is 1. The van der Waals surface area contributed by atoms with Crippen LogP contribution in [-0.4, -0.2) is 16.1 Å². The van der Waals surface area contributed by atoms with Crippen molar-refractivity contribution in [2.75, 3.05) is 5.32 Å². The number of thioether (sulfide) groups is 1. The third-order valence-electron chi connectivity index (χ3n) is 3.79. The Hall–Kier alpha value is -2.05. The van der Waals surface area contributed by atoms with Crippen LogP contribution in [0.25, 0.3) is 10.8 Å². The molecule has 0 aliphatic carbocycles. The fraction of sp³-hybridized carbons (Fsp3) is 0.263. The maximum Gasteiger partial charge on any atom is 0.237 e. The average molecular weight is 373 g/mol. The van der Waals surface area contributed by atoms with Crippen molar-refractivity contribution in [2.45, 2.75) is 31.8 Å². The Kier molecular flexibility index (Phi) is 5.60. The third kappa shape index (κ3) is 4.52. The zero-order chi connectivity index (χ0) is 17.8. The highest BCUT2D eigenvalue weighted by atomic mass is 32.2. The molecule has 0 spiro atoms. The van der Waals surface area contributed by atoms with Crippen LogP contribution in [0.5, 0.6) is 0 Å². The number of thiazole rings is 1. The zero-order valence-electron chi connectivity index (χ0n) is 14.4. The SMILES string of the molecule is Cc1ccc(C)c(NC(=O)[C@H](C)SCc2csc(-c3ccco3)n2)c1. The largest absolute Gasteiger partial charge is 0.462 e. The number of furan rings is 1. The van der Waals surface area contributed by atoms with Gasteiger partial charge in [-0.25, -0.2) is 4.98 Å². The second-order valence-electron chi connectivity index (χ2n) is 5.88. The van der Waals surface area contributed by atoms with Crippen LogP contribution in [0.1, 0.15) is 23.7 Å². The van der Waals surface area contributed by atoms with Crippen molar-refractivity contribution in [3.8, 4) is 10.8 Å². The normalized spacial score (nSPS) is 12.1. The van der Waals surface area contributed by atoms with Crippen molar-refractivity contribution < 1.29 is 9.21 Å². The van der Waals surface area contributed by atoms with E-state index in [-0.39, 0.29) is 11.2 Å². The number of benzene rings is 1. The summed E-state index contributed by atoms with van der Waals surface area (Å²) in [5.41, 5.74) is 4.05. The monoisotopic (exact) mass is 372 g/mol. The van der Waals surface area contributed by atoms with E-state index < -0.39 is 0 Å². The highest BCUT2D eigenvalue weighted by molar-refractivity contribution is 7.99.